The number of aromatic nitrogens is 2. The summed E-state index contributed by atoms with van der Waals surface area (Å²) in [5, 5.41) is 12.7. The third kappa shape index (κ3) is 5.78. The number of anilines is 2. The Balaban J connectivity index is 1.42. The molecule has 2 aliphatic heterocycles. The summed E-state index contributed by atoms with van der Waals surface area (Å²) in [5.74, 6) is 0.0766. The van der Waals surface area contributed by atoms with Crippen molar-refractivity contribution < 1.29 is 23.9 Å². The Bertz CT molecular complexity index is 1150. The van der Waals surface area contributed by atoms with Crippen molar-refractivity contribution >= 4 is 29.2 Å². The molecule has 1 aromatic carbocycles. The van der Waals surface area contributed by atoms with Crippen molar-refractivity contribution in [2.45, 2.75) is 64.3 Å². The van der Waals surface area contributed by atoms with Crippen LogP contribution in [0.5, 0.6) is 5.75 Å². The highest BCUT2D eigenvalue weighted by Crippen LogP contribution is 2.32. The fourth-order valence-electron chi connectivity index (χ4n) is 4.67. The summed E-state index contributed by atoms with van der Waals surface area (Å²) < 4.78 is 13.9. The molecular formula is C25H34N6O5. The van der Waals surface area contributed by atoms with E-state index in [1.54, 1.807) is 48.1 Å². The van der Waals surface area contributed by atoms with Crippen molar-refractivity contribution in [1.29, 1.82) is 0 Å². The smallest absolute Gasteiger partial charge is 0.319 e. The first-order valence-electron chi connectivity index (χ1n) is 12.2. The van der Waals surface area contributed by atoms with Crippen molar-refractivity contribution in [3.8, 4) is 5.75 Å². The van der Waals surface area contributed by atoms with E-state index in [0.717, 1.165) is 5.69 Å². The van der Waals surface area contributed by atoms with Gasteiger partial charge in [-0.2, -0.15) is 5.10 Å². The molecule has 4 amide bonds. The zero-order chi connectivity index (χ0) is 26.0. The van der Waals surface area contributed by atoms with Crippen LogP contribution in [0.1, 0.15) is 49.2 Å². The van der Waals surface area contributed by atoms with E-state index in [9.17, 15) is 14.4 Å². The second-order valence-electron chi connectivity index (χ2n) is 9.69. The molecule has 0 unspecified atom stereocenters. The molecule has 2 aromatic rings. The lowest BCUT2D eigenvalue weighted by molar-refractivity contribution is -0.130. The minimum absolute atomic E-state index is 0.0111. The van der Waals surface area contributed by atoms with Crippen LogP contribution >= 0.6 is 0 Å². The van der Waals surface area contributed by atoms with Gasteiger partial charge in [-0.05, 0) is 51.8 Å². The maximum absolute atomic E-state index is 13.3. The Kier molecular flexibility index (Phi) is 7.48. The molecule has 36 heavy (non-hydrogen) atoms. The van der Waals surface area contributed by atoms with Crippen LogP contribution < -0.4 is 20.7 Å². The van der Waals surface area contributed by atoms with Crippen LogP contribution in [-0.2, 0) is 16.6 Å². The fraction of sp³-hybridized carbons (Fsp3) is 0.520. The average molecular weight is 499 g/mol. The highest BCUT2D eigenvalue weighted by atomic mass is 16.5. The van der Waals surface area contributed by atoms with Crippen LogP contribution in [0, 0.1) is 6.92 Å². The zero-order valence-corrected chi connectivity index (χ0v) is 21.3. The van der Waals surface area contributed by atoms with Crippen LogP contribution in [0.4, 0.5) is 16.2 Å². The average Bonchev–Trinajstić information content (AvgIpc) is 3.12. The summed E-state index contributed by atoms with van der Waals surface area (Å²) in [5.41, 5.74) is 2.32. The Morgan fingerprint density at radius 2 is 1.97 bits per heavy atom. The van der Waals surface area contributed by atoms with E-state index in [2.05, 4.69) is 21.0 Å². The molecule has 0 radical (unpaired) electrons. The highest BCUT2D eigenvalue weighted by molar-refractivity contribution is 5.99. The largest absolute Gasteiger partial charge is 0.490 e. The Hall–Kier alpha value is -3.60. The second kappa shape index (κ2) is 10.6. The maximum Gasteiger partial charge on any atom is 0.319 e. The molecule has 0 spiro atoms. The van der Waals surface area contributed by atoms with Crippen molar-refractivity contribution in [3.05, 3.63) is 35.7 Å². The molecule has 1 fully saturated rings. The van der Waals surface area contributed by atoms with Gasteiger partial charge in [0, 0.05) is 32.0 Å². The number of rotatable bonds is 5. The van der Waals surface area contributed by atoms with Gasteiger partial charge in [0.15, 0.2) is 0 Å². The van der Waals surface area contributed by atoms with E-state index in [0.29, 0.717) is 35.5 Å². The van der Waals surface area contributed by atoms with E-state index < -0.39 is 0 Å². The minimum Gasteiger partial charge on any atom is -0.490 e. The van der Waals surface area contributed by atoms with Crippen molar-refractivity contribution in [1.82, 2.24) is 20.0 Å². The first-order valence-corrected chi connectivity index (χ1v) is 12.2. The number of hydrogen-bond acceptors (Lipinski definition) is 6. The molecule has 4 rings (SSSR count). The molecule has 0 bridgehead atoms. The molecular weight excluding hydrogens is 464 g/mol. The topological polar surface area (TPSA) is 127 Å². The summed E-state index contributed by atoms with van der Waals surface area (Å²) in [4.78, 5) is 39.7. The van der Waals surface area contributed by atoms with Gasteiger partial charge in [-0.15, -0.1) is 0 Å². The third-order valence-electron chi connectivity index (χ3n) is 6.39. The van der Waals surface area contributed by atoms with Crippen LogP contribution in [0.25, 0.3) is 0 Å². The second-order valence-corrected chi connectivity index (χ2v) is 9.69. The van der Waals surface area contributed by atoms with Gasteiger partial charge in [-0.3, -0.25) is 14.3 Å². The van der Waals surface area contributed by atoms with Crippen LogP contribution in [0.3, 0.4) is 0 Å². The zero-order valence-electron chi connectivity index (χ0n) is 21.3. The quantitative estimate of drug-likeness (QED) is 0.582. The van der Waals surface area contributed by atoms with Crippen LogP contribution in [0.2, 0.25) is 0 Å². The number of benzene rings is 1. The molecule has 1 saturated heterocycles. The lowest BCUT2D eigenvalue weighted by atomic mass is 9.94. The number of nitrogens with zero attached hydrogens (tertiary/aromatic N) is 3. The van der Waals surface area contributed by atoms with Gasteiger partial charge < -0.3 is 30.3 Å². The van der Waals surface area contributed by atoms with Crippen LogP contribution in [0.15, 0.2) is 24.4 Å². The van der Waals surface area contributed by atoms with E-state index in [1.165, 1.54) is 0 Å². The number of likely N-dealkylation sites (N-methyl/N-ethyl adjacent to an activating group) is 1. The normalized spacial score (nSPS) is 21.6. The van der Waals surface area contributed by atoms with Gasteiger partial charge in [0.25, 0.3) is 5.91 Å². The number of aryl methyl sites for hydroxylation is 2. The van der Waals surface area contributed by atoms with E-state index in [-0.39, 0.29) is 55.2 Å². The van der Waals surface area contributed by atoms with Gasteiger partial charge in [0.1, 0.15) is 18.5 Å². The Morgan fingerprint density at radius 3 is 2.67 bits per heavy atom. The molecule has 0 saturated carbocycles. The van der Waals surface area contributed by atoms with Gasteiger partial charge in [-0.1, -0.05) is 0 Å². The SMILES string of the molecule is Cc1nn(C)cc1NC(=O)C[C@@H]1CC[C@H]2[C@@H](COc3ccc(NC(=O)NC(C)C)cc3C(=O)N2C)O1. The predicted octanol–water partition coefficient (Wildman–Crippen LogP) is 2.67. The summed E-state index contributed by atoms with van der Waals surface area (Å²) >= 11 is 0. The third-order valence-corrected chi connectivity index (χ3v) is 6.39. The highest BCUT2D eigenvalue weighted by Gasteiger charge is 2.39. The number of fused-ring (bicyclic) bond motifs is 2. The van der Waals surface area contributed by atoms with Crippen LogP contribution in [-0.4, -0.2) is 70.5 Å². The molecule has 2 aliphatic rings. The van der Waals surface area contributed by atoms with Crippen molar-refractivity contribution in [2.24, 2.45) is 7.05 Å². The molecule has 3 N–H and O–H groups in total. The number of amides is 4. The minimum atomic E-state index is -0.367. The van der Waals surface area contributed by atoms with Gasteiger partial charge in [0.05, 0.1) is 35.5 Å². The summed E-state index contributed by atoms with van der Waals surface area (Å²) in [6.07, 6.45) is 2.66. The van der Waals surface area contributed by atoms with Gasteiger partial charge in [0.2, 0.25) is 5.91 Å². The maximum atomic E-state index is 13.3. The number of urea groups is 1. The molecule has 11 nitrogen and oxygen atoms in total. The number of nitrogens with one attached hydrogen (secondary N) is 3. The summed E-state index contributed by atoms with van der Waals surface area (Å²) in [7, 11) is 3.56. The number of carbonyl (C=O) groups is 3. The van der Waals surface area contributed by atoms with E-state index in [4.69, 9.17) is 9.47 Å². The first kappa shape index (κ1) is 25.5. The molecule has 3 heterocycles. The van der Waals surface area contributed by atoms with E-state index in [1.807, 2.05) is 20.8 Å². The number of carbonyl (C=O) groups excluding carboxylic acids is 3. The lowest BCUT2D eigenvalue weighted by Gasteiger charge is -2.42. The lowest BCUT2D eigenvalue weighted by Crippen LogP contribution is -2.53. The monoisotopic (exact) mass is 498 g/mol. The van der Waals surface area contributed by atoms with Gasteiger partial charge >= 0.3 is 6.03 Å². The first-order chi connectivity index (χ1) is 17.1. The predicted molar refractivity (Wildman–Crippen MR) is 134 cm³/mol. The van der Waals surface area contributed by atoms with Crippen molar-refractivity contribution in [2.75, 3.05) is 24.3 Å². The van der Waals surface area contributed by atoms with Crippen molar-refractivity contribution in [3.63, 3.8) is 0 Å². The van der Waals surface area contributed by atoms with Gasteiger partial charge in [-0.25, -0.2) is 4.79 Å². The number of ether oxygens (including phenoxy) is 2. The molecule has 0 aliphatic carbocycles. The fourth-order valence-corrected chi connectivity index (χ4v) is 4.67. The Labute approximate surface area is 210 Å². The molecule has 3 atom stereocenters. The molecule has 1 aromatic heterocycles. The Morgan fingerprint density at radius 1 is 1.19 bits per heavy atom. The van der Waals surface area contributed by atoms with E-state index >= 15 is 0 Å². The standard InChI is InChI=1S/C25H34N6O5/c1-14(2)26-25(34)27-16-6-9-21-18(10-16)24(33)31(5)20-8-7-17(36-22(20)13-35-21)11-23(32)28-19-12-30(4)29-15(19)3/h6,9-10,12,14,17,20,22H,7-8,11,13H2,1-5H3,(H,28,32)(H2,26,27,34)/t17-,20-,22+/m0/s1. The number of hydrogen-bond donors (Lipinski definition) is 3. The molecule has 194 valence electrons. The summed E-state index contributed by atoms with van der Waals surface area (Å²) in [6, 6.07) is 4.46. The molecule has 11 heteroatoms. The summed E-state index contributed by atoms with van der Waals surface area (Å²) in [6.45, 7) is 5.82.